The molecule has 0 aromatic carbocycles. The van der Waals surface area contributed by atoms with E-state index < -0.39 is 0 Å². The van der Waals surface area contributed by atoms with Crippen LogP contribution in [0.5, 0.6) is 0 Å². The molecular formula is C12H20ClN3. The van der Waals surface area contributed by atoms with Crippen LogP contribution in [-0.2, 0) is 0 Å². The highest BCUT2D eigenvalue weighted by Crippen LogP contribution is 2.18. The molecule has 0 aliphatic rings. The van der Waals surface area contributed by atoms with Crippen LogP contribution in [0.2, 0.25) is 5.15 Å². The summed E-state index contributed by atoms with van der Waals surface area (Å²) in [4.78, 5) is 2.32. The van der Waals surface area contributed by atoms with Gasteiger partial charge in [0, 0.05) is 19.2 Å². The topological polar surface area (TPSA) is 29.0 Å². The molecule has 0 spiro atoms. The Morgan fingerprint density at radius 3 is 2.19 bits per heavy atom. The monoisotopic (exact) mass is 241 g/mol. The molecule has 0 saturated heterocycles. The first-order valence-electron chi connectivity index (χ1n) is 5.72. The van der Waals surface area contributed by atoms with Crippen molar-refractivity contribution in [2.45, 2.75) is 27.7 Å². The van der Waals surface area contributed by atoms with Crippen LogP contribution in [-0.4, -0.2) is 23.3 Å². The number of anilines is 1. The molecule has 4 heteroatoms. The van der Waals surface area contributed by atoms with Gasteiger partial charge in [-0.2, -0.15) is 5.10 Å². The molecule has 0 atom stereocenters. The number of nitrogens with zero attached hydrogens (tertiary/aromatic N) is 3. The van der Waals surface area contributed by atoms with Gasteiger partial charge in [-0.1, -0.05) is 39.3 Å². The molecule has 0 amide bonds. The van der Waals surface area contributed by atoms with E-state index in [9.17, 15) is 0 Å². The average Bonchev–Trinajstić information content (AvgIpc) is 2.15. The molecule has 0 unspecified atom stereocenters. The highest BCUT2D eigenvalue weighted by Gasteiger charge is 2.11. The first-order chi connectivity index (χ1) is 7.49. The Morgan fingerprint density at radius 2 is 1.75 bits per heavy atom. The first kappa shape index (κ1) is 13.2. The van der Waals surface area contributed by atoms with E-state index in [1.54, 1.807) is 6.20 Å². The minimum Gasteiger partial charge on any atom is -0.370 e. The molecule has 3 nitrogen and oxygen atoms in total. The molecule has 0 N–H and O–H groups in total. The molecule has 90 valence electrons. The molecule has 0 radical (unpaired) electrons. The minimum absolute atomic E-state index is 0.454. The van der Waals surface area contributed by atoms with Crippen LogP contribution in [0.3, 0.4) is 0 Å². The van der Waals surface area contributed by atoms with Gasteiger partial charge >= 0.3 is 0 Å². The number of rotatable bonds is 5. The maximum Gasteiger partial charge on any atom is 0.153 e. The Kier molecular flexibility index (Phi) is 5.00. The van der Waals surface area contributed by atoms with Crippen molar-refractivity contribution < 1.29 is 0 Å². The molecule has 0 fully saturated rings. The summed E-state index contributed by atoms with van der Waals surface area (Å²) in [6, 6.07) is 1.87. The summed E-state index contributed by atoms with van der Waals surface area (Å²) in [5, 5.41) is 8.12. The smallest absolute Gasteiger partial charge is 0.153 e. The van der Waals surface area contributed by atoms with E-state index in [-0.39, 0.29) is 0 Å². The molecule has 1 rings (SSSR count). The molecule has 1 heterocycles. The molecule has 0 aliphatic heterocycles. The van der Waals surface area contributed by atoms with Crippen LogP contribution in [0.15, 0.2) is 12.3 Å². The Labute approximate surface area is 103 Å². The Morgan fingerprint density at radius 1 is 1.19 bits per heavy atom. The summed E-state index contributed by atoms with van der Waals surface area (Å²) in [6.45, 7) is 10.9. The summed E-state index contributed by atoms with van der Waals surface area (Å²) in [5.41, 5.74) is 1.06. The van der Waals surface area contributed by atoms with Crippen molar-refractivity contribution in [3.8, 4) is 0 Å². The lowest BCUT2D eigenvalue weighted by Gasteiger charge is -2.28. The van der Waals surface area contributed by atoms with Gasteiger partial charge in [-0.05, 0) is 11.8 Å². The van der Waals surface area contributed by atoms with E-state index in [1.807, 2.05) is 6.07 Å². The van der Waals surface area contributed by atoms with E-state index in [1.165, 1.54) is 0 Å². The fourth-order valence-corrected chi connectivity index (χ4v) is 1.83. The second kappa shape index (κ2) is 6.04. The van der Waals surface area contributed by atoms with Gasteiger partial charge in [0.1, 0.15) is 0 Å². The van der Waals surface area contributed by atoms with Crippen LogP contribution < -0.4 is 4.90 Å². The third kappa shape index (κ3) is 4.35. The standard InChI is InChI=1S/C12H20ClN3/c1-9(2)7-16(8-10(3)4)11-5-12(13)15-14-6-11/h5-6,9-10H,7-8H2,1-4H3. The lowest BCUT2D eigenvalue weighted by molar-refractivity contribution is 0.552. The van der Waals surface area contributed by atoms with Crippen molar-refractivity contribution in [3.63, 3.8) is 0 Å². The Balaban J connectivity index is 2.82. The largest absolute Gasteiger partial charge is 0.370 e. The van der Waals surface area contributed by atoms with E-state index in [2.05, 4.69) is 42.8 Å². The number of halogens is 1. The fraction of sp³-hybridized carbons (Fsp3) is 0.667. The van der Waals surface area contributed by atoms with Gasteiger partial charge in [-0.3, -0.25) is 0 Å². The van der Waals surface area contributed by atoms with Gasteiger partial charge in [0.15, 0.2) is 5.15 Å². The van der Waals surface area contributed by atoms with Crippen molar-refractivity contribution in [2.24, 2.45) is 11.8 Å². The van der Waals surface area contributed by atoms with Crippen LogP contribution in [0.25, 0.3) is 0 Å². The molecular weight excluding hydrogens is 222 g/mol. The summed E-state index contributed by atoms with van der Waals surface area (Å²) >= 11 is 5.86. The van der Waals surface area contributed by atoms with Gasteiger partial charge in [0.05, 0.1) is 11.9 Å². The SMILES string of the molecule is CC(C)CN(CC(C)C)c1cnnc(Cl)c1. The Hall–Kier alpha value is -0.830. The highest BCUT2D eigenvalue weighted by molar-refractivity contribution is 6.29. The van der Waals surface area contributed by atoms with Crippen LogP contribution >= 0.6 is 11.6 Å². The van der Waals surface area contributed by atoms with Crippen LogP contribution in [0.1, 0.15) is 27.7 Å². The summed E-state index contributed by atoms with van der Waals surface area (Å²) < 4.78 is 0. The molecule has 0 saturated carbocycles. The zero-order chi connectivity index (χ0) is 12.1. The van der Waals surface area contributed by atoms with E-state index in [0.29, 0.717) is 17.0 Å². The van der Waals surface area contributed by atoms with Gasteiger partial charge in [-0.25, -0.2) is 0 Å². The van der Waals surface area contributed by atoms with Crippen molar-refractivity contribution in [2.75, 3.05) is 18.0 Å². The van der Waals surface area contributed by atoms with E-state index >= 15 is 0 Å². The number of hydrogen-bond acceptors (Lipinski definition) is 3. The van der Waals surface area contributed by atoms with Crippen molar-refractivity contribution in [3.05, 3.63) is 17.4 Å². The van der Waals surface area contributed by atoms with E-state index in [0.717, 1.165) is 18.8 Å². The van der Waals surface area contributed by atoms with Crippen LogP contribution in [0.4, 0.5) is 5.69 Å². The predicted molar refractivity (Wildman–Crippen MR) is 68.9 cm³/mol. The highest BCUT2D eigenvalue weighted by atomic mass is 35.5. The third-order valence-corrected chi connectivity index (χ3v) is 2.33. The van der Waals surface area contributed by atoms with Gasteiger partial charge in [-0.15, -0.1) is 5.10 Å². The average molecular weight is 242 g/mol. The quantitative estimate of drug-likeness (QED) is 0.793. The zero-order valence-corrected chi connectivity index (χ0v) is 11.2. The number of aromatic nitrogens is 2. The van der Waals surface area contributed by atoms with E-state index in [4.69, 9.17) is 11.6 Å². The molecule has 16 heavy (non-hydrogen) atoms. The maximum absolute atomic E-state index is 5.86. The normalized spacial score (nSPS) is 11.2. The maximum atomic E-state index is 5.86. The first-order valence-corrected chi connectivity index (χ1v) is 6.10. The molecule has 1 aromatic rings. The lowest BCUT2D eigenvalue weighted by atomic mass is 10.1. The molecule has 0 bridgehead atoms. The lowest BCUT2D eigenvalue weighted by Crippen LogP contribution is -2.31. The third-order valence-electron chi connectivity index (χ3n) is 2.15. The van der Waals surface area contributed by atoms with Gasteiger partial charge in [0.25, 0.3) is 0 Å². The van der Waals surface area contributed by atoms with Gasteiger partial charge < -0.3 is 4.90 Å². The fourth-order valence-electron chi connectivity index (χ4n) is 1.67. The van der Waals surface area contributed by atoms with Crippen LogP contribution in [0, 0.1) is 11.8 Å². The zero-order valence-electron chi connectivity index (χ0n) is 10.4. The summed E-state index contributed by atoms with van der Waals surface area (Å²) in [5.74, 6) is 1.23. The molecule has 0 aliphatic carbocycles. The molecule has 1 aromatic heterocycles. The Bertz CT molecular complexity index is 316. The predicted octanol–water partition coefficient (Wildman–Crippen LogP) is 3.25. The second-order valence-electron chi connectivity index (χ2n) is 4.93. The van der Waals surface area contributed by atoms with Crippen molar-refractivity contribution >= 4 is 17.3 Å². The van der Waals surface area contributed by atoms with Crippen molar-refractivity contribution in [1.82, 2.24) is 10.2 Å². The van der Waals surface area contributed by atoms with Gasteiger partial charge in [0.2, 0.25) is 0 Å². The minimum atomic E-state index is 0.454. The number of hydrogen-bond donors (Lipinski definition) is 0. The summed E-state index contributed by atoms with van der Waals surface area (Å²) in [6.07, 6.45) is 1.77. The summed E-state index contributed by atoms with van der Waals surface area (Å²) in [7, 11) is 0. The second-order valence-corrected chi connectivity index (χ2v) is 5.32. The van der Waals surface area contributed by atoms with Crippen molar-refractivity contribution in [1.29, 1.82) is 0 Å².